The highest BCUT2D eigenvalue weighted by Gasteiger charge is 2.23. The quantitative estimate of drug-likeness (QED) is 0.795. The van der Waals surface area contributed by atoms with E-state index in [-0.39, 0.29) is 11.7 Å². The Morgan fingerprint density at radius 2 is 2.37 bits per heavy atom. The minimum atomic E-state index is -0.951. The van der Waals surface area contributed by atoms with E-state index in [2.05, 4.69) is 0 Å². The summed E-state index contributed by atoms with van der Waals surface area (Å²) in [6.07, 6.45) is 2.26. The standard InChI is InChI=1S/C14H20N2O3/c1-2-16(9-10-5-4-8-19-10)13-11(14(17)18)6-3-7-12(13)15/h3,6-7,10H,2,4-5,8-9,15H2,1H3,(H,17,18). The van der Waals surface area contributed by atoms with Crippen molar-refractivity contribution in [1.82, 2.24) is 0 Å². The fourth-order valence-corrected chi connectivity index (χ4v) is 2.50. The number of anilines is 2. The molecule has 0 bridgehead atoms. The van der Waals surface area contributed by atoms with Gasteiger partial charge in [0.15, 0.2) is 0 Å². The summed E-state index contributed by atoms with van der Waals surface area (Å²) in [5.74, 6) is -0.951. The Morgan fingerprint density at radius 1 is 1.58 bits per heavy atom. The Balaban J connectivity index is 2.28. The number of carboxylic acids is 1. The molecule has 2 rings (SSSR count). The Hall–Kier alpha value is -1.75. The van der Waals surface area contributed by atoms with Crippen LogP contribution in [0.2, 0.25) is 0 Å². The van der Waals surface area contributed by atoms with Crippen molar-refractivity contribution in [2.75, 3.05) is 30.3 Å². The second kappa shape index (κ2) is 5.93. The monoisotopic (exact) mass is 264 g/mol. The maximum atomic E-state index is 11.3. The van der Waals surface area contributed by atoms with Crippen LogP contribution >= 0.6 is 0 Å². The second-order valence-electron chi connectivity index (χ2n) is 4.72. The molecule has 1 aromatic rings. The van der Waals surface area contributed by atoms with E-state index >= 15 is 0 Å². The molecule has 0 radical (unpaired) electrons. The molecule has 1 aliphatic rings. The van der Waals surface area contributed by atoms with Crippen molar-refractivity contribution in [3.05, 3.63) is 23.8 Å². The predicted octanol–water partition coefficient (Wildman–Crippen LogP) is 1.97. The Morgan fingerprint density at radius 3 is 2.95 bits per heavy atom. The topological polar surface area (TPSA) is 75.8 Å². The van der Waals surface area contributed by atoms with Gasteiger partial charge in [0, 0.05) is 19.7 Å². The number of aromatic carboxylic acids is 1. The highest BCUT2D eigenvalue weighted by Crippen LogP contribution is 2.29. The Kier molecular flexibility index (Phi) is 4.27. The smallest absolute Gasteiger partial charge is 0.337 e. The molecule has 19 heavy (non-hydrogen) atoms. The summed E-state index contributed by atoms with van der Waals surface area (Å²) in [6, 6.07) is 4.99. The average Bonchev–Trinajstić information content (AvgIpc) is 2.89. The summed E-state index contributed by atoms with van der Waals surface area (Å²) in [5, 5.41) is 9.28. The summed E-state index contributed by atoms with van der Waals surface area (Å²) in [6.45, 7) is 4.17. The first-order valence-electron chi connectivity index (χ1n) is 6.61. The SMILES string of the molecule is CCN(CC1CCCO1)c1c(N)cccc1C(=O)O. The van der Waals surface area contributed by atoms with Gasteiger partial charge in [0.1, 0.15) is 0 Å². The third-order valence-electron chi connectivity index (χ3n) is 3.44. The molecule has 0 aliphatic carbocycles. The minimum Gasteiger partial charge on any atom is -0.478 e. The fourth-order valence-electron chi connectivity index (χ4n) is 2.50. The van der Waals surface area contributed by atoms with Crippen LogP contribution in [0.5, 0.6) is 0 Å². The lowest BCUT2D eigenvalue weighted by molar-refractivity contribution is 0.0697. The van der Waals surface area contributed by atoms with Gasteiger partial charge in [-0.25, -0.2) is 4.79 Å². The molecule has 1 aromatic carbocycles. The fraction of sp³-hybridized carbons (Fsp3) is 0.500. The van der Waals surface area contributed by atoms with Gasteiger partial charge in [-0.2, -0.15) is 0 Å². The maximum absolute atomic E-state index is 11.3. The molecule has 5 nitrogen and oxygen atoms in total. The molecule has 104 valence electrons. The van der Waals surface area contributed by atoms with Crippen LogP contribution < -0.4 is 10.6 Å². The third kappa shape index (κ3) is 2.98. The molecular weight excluding hydrogens is 244 g/mol. The van der Waals surface area contributed by atoms with Crippen LogP contribution in [-0.2, 0) is 4.74 Å². The predicted molar refractivity (Wildman–Crippen MR) is 74.7 cm³/mol. The first-order chi connectivity index (χ1) is 9.13. The molecule has 0 spiro atoms. The van der Waals surface area contributed by atoms with Crippen LogP contribution in [0.4, 0.5) is 11.4 Å². The van der Waals surface area contributed by atoms with E-state index in [0.717, 1.165) is 19.4 Å². The van der Waals surface area contributed by atoms with Gasteiger partial charge in [-0.3, -0.25) is 0 Å². The average molecular weight is 264 g/mol. The summed E-state index contributed by atoms with van der Waals surface area (Å²) in [7, 11) is 0. The highest BCUT2D eigenvalue weighted by molar-refractivity contribution is 5.98. The number of carbonyl (C=O) groups is 1. The number of likely N-dealkylation sites (N-methyl/N-ethyl adjacent to an activating group) is 1. The van der Waals surface area contributed by atoms with Gasteiger partial charge < -0.3 is 20.5 Å². The lowest BCUT2D eigenvalue weighted by Crippen LogP contribution is -2.33. The lowest BCUT2D eigenvalue weighted by Gasteiger charge is -2.28. The van der Waals surface area contributed by atoms with Crippen molar-refractivity contribution in [3.63, 3.8) is 0 Å². The van der Waals surface area contributed by atoms with E-state index < -0.39 is 5.97 Å². The first kappa shape index (κ1) is 13.7. The molecular formula is C14H20N2O3. The molecule has 0 amide bonds. The number of nitrogens with zero attached hydrogens (tertiary/aromatic N) is 1. The van der Waals surface area contributed by atoms with Crippen molar-refractivity contribution in [3.8, 4) is 0 Å². The normalized spacial score (nSPS) is 18.5. The van der Waals surface area contributed by atoms with E-state index in [4.69, 9.17) is 10.5 Å². The van der Waals surface area contributed by atoms with Crippen LogP contribution in [0.15, 0.2) is 18.2 Å². The number of hydrogen-bond acceptors (Lipinski definition) is 4. The molecule has 1 heterocycles. The van der Waals surface area contributed by atoms with Crippen molar-refractivity contribution < 1.29 is 14.6 Å². The summed E-state index contributed by atoms with van der Waals surface area (Å²) in [5.41, 5.74) is 7.32. The van der Waals surface area contributed by atoms with Gasteiger partial charge >= 0.3 is 5.97 Å². The van der Waals surface area contributed by atoms with Gasteiger partial charge in [0.2, 0.25) is 0 Å². The zero-order chi connectivity index (χ0) is 13.8. The molecule has 0 aromatic heterocycles. The number of rotatable bonds is 5. The van der Waals surface area contributed by atoms with Gasteiger partial charge in [0.25, 0.3) is 0 Å². The lowest BCUT2D eigenvalue weighted by atomic mass is 10.1. The largest absolute Gasteiger partial charge is 0.478 e. The number of benzene rings is 1. The molecule has 5 heteroatoms. The Bertz CT molecular complexity index is 456. The molecule has 0 saturated carbocycles. The molecule has 1 aliphatic heterocycles. The number of ether oxygens (including phenoxy) is 1. The van der Waals surface area contributed by atoms with Gasteiger partial charge in [-0.15, -0.1) is 0 Å². The van der Waals surface area contributed by atoms with Crippen LogP contribution in [0.25, 0.3) is 0 Å². The summed E-state index contributed by atoms with van der Waals surface area (Å²) in [4.78, 5) is 13.3. The van der Waals surface area contributed by atoms with Gasteiger partial charge in [-0.1, -0.05) is 6.07 Å². The first-order valence-corrected chi connectivity index (χ1v) is 6.61. The van der Waals surface area contributed by atoms with E-state index in [1.165, 1.54) is 0 Å². The van der Waals surface area contributed by atoms with Crippen molar-refractivity contribution >= 4 is 17.3 Å². The van der Waals surface area contributed by atoms with Crippen molar-refractivity contribution in [1.29, 1.82) is 0 Å². The van der Waals surface area contributed by atoms with Crippen LogP contribution in [0.1, 0.15) is 30.1 Å². The zero-order valence-electron chi connectivity index (χ0n) is 11.1. The molecule has 1 atom stereocenters. The number of nitrogen functional groups attached to an aromatic ring is 1. The minimum absolute atomic E-state index is 0.168. The molecule has 1 unspecified atom stereocenters. The van der Waals surface area contributed by atoms with Crippen LogP contribution in [-0.4, -0.2) is 36.9 Å². The van der Waals surface area contributed by atoms with Crippen LogP contribution in [0, 0.1) is 0 Å². The Labute approximate surface area is 113 Å². The summed E-state index contributed by atoms with van der Waals surface area (Å²) >= 11 is 0. The van der Waals surface area contributed by atoms with E-state index in [1.807, 2.05) is 11.8 Å². The summed E-state index contributed by atoms with van der Waals surface area (Å²) < 4.78 is 5.62. The van der Waals surface area contributed by atoms with Gasteiger partial charge in [-0.05, 0) is 31.9 Å². The van der Waals surface area contributed by atoms with E-state index in [9.17, 15) is 9.90 Å². The van der Waals surface area contributed by atoms with Crippen molar-refractivity contribution in [2.24, 2.45) is 0 Å². The number of carboxylic acid groups (broad SMARTS) is 1. The number of nitrogens with two attached hydrogens (primary N) is 1. The number of hydrogen-bond donors (Lipinski definition) is 2. The van der Waals surface area contributed by atoms with Gasteiger partial charge in [0.05, 0.1) is 23.0 Å². The van der Waals surface area contributed by atoms with E-state index in [1.54, 1.807) is 18.2 Å². The third-order valence-corrected chi connectivity index (χ3v) is 3.44. The molecule has 1 fully saturated rings. The highest BCUT2D eigenvalue weighted by atomic mass is 16.5. The maximum Gasteiger partial charge on any atom is 0.337 e. The van der Waals surface area contributed by atoms with Crippen molar-refractivity contribution in [2.45, 2.75) is 25.9 Å². The van der Waals surface area contributed by atoms with E-state index in [0.29, 0.717) is 24.5 Å². The number of para-hydroxylation sites is 1. The van der Waals surface area contributed by atoms with Crippen LogP contribution in [0.3, 0.4) is 0 Å². The molecule has 3 N–H and O–H groups in total. The zero-order valence-corrected chi connectivity index (χ0v) is 11.1. The second-order valence-corrected chi connectivity index (χ2v) is 4.72. The molecule has 1 saturated heterocycles.